The van der Waals surface area contributed by atoms with Gasteiger partial charge in [0.25, 0.3) is 0 Å². The van der Waals surface area contributed by atoms with Crippen molar-refractivity contribution in [3.05, 3.63) is 41.4 Å². The van der Waals surface area contributed by atoms with Gasteiger partial charge >= 0.3 is 6.09 Å². The number of ether oxygens (including phenoxy) is 1. The molecule has 2 aromatic rings. The Morgan fingerprint density at radius 2 is 2.00 bits per heavy atom. The van der Waals surface area contributed by atoms with Gasteiger partial charge in [0.15, 0.2) is 5.69 Å². The number of carbonyl (C=O) groups is 1. The molecule has 1 aromatic heterocycles. The highest BCUT2D eigenvalue weighted by Gasteiger charge is 2.16. The van der Waals surface area contributed by atoms with Gasteiger partial charge in [-0.1, -0.05) is 24.3 Å². The number of hydrogen-bond donors (Lipinski definition) is 2. The lowest BCUT2D eigenvalue weighted by molar-refractivity contribution is 0.0523. The number of alkyl carbamates (subject to hydrolysis) is 1. The normalized spacial score (nSPS) is 11.2. The van der Waals surface area contributed by atoms with Crippen molar-refractivity contribution in [2.45, 2.75) is 32.9 Å². The lowest BCUT2D eigenvalue weighted by Gasteiger charge is -2.21. The molecule has 0 aliphatic carbocycles. The molecule has 2 N–H and O–H groups in total. The van der Waals surface area contributed by atoms with Crippen molar-refractivity contribution in [2.24, 2.45) is 0 Å². The van der Waals surface area contributed by atoms with Crippen LogP contribution in [0, 0.1) is 6.57 Å². The number of benzene rings is 1. The number of rotatable bonds is 6. The predicted molar refractivity (Wildman–Crippen MR) is 98.7 cm³/mol. The van der Waals surface area contributed by atoms with E-state index in [0.29, 0.717) is 25.3 Å². The van der Waals surface area contributed by atoms with Gasteiger partial charge in [-0.05, 0) is 27.8 Å². The van der Waals surface area contributed by atoms with Crippen molar-refractivity contribution < 1.29 is 9.53 Å². The van der Waals surface area contributed by atoms with Crippen molar-refractivity contribution in [3.63, 3.8) is 0 Å². The first-order chi connectivity index (χ1) is 12.3. The number of nitrogens with zero attached hydrogens (tertiary/aromatic N) is 4. The molecule has 26 heavy (non-hydrogen) atoms. The number of nitrogens with one attached hydrogen (secondary N) is 2. The average molecular weight is 356 g/mol. The zero-order valence-corrected chi connectivity index (χ0v) is 15.5. The summed E-state index contributed by atoms with van der Waals surface area (Å²) < 4.78 is 5.20. The Bertz CT molecular complexity index is 770. The Labute approximate surface area is 153 Å². The van der Waals surface area contributed by atoms with Crippen LogP contribution in [0.2, 0.25) is 0 Å². The van der Waals surface area contributed by atoms with E-state index in [4.69, 9.17) is 11.3 Å². The summed E-state index contributed by atoms with van der Waals surface area (Å²) in [6.07, 6.45) is -0.423. The third-order valence-corrected chi connectivity index (χ3v) is 3.47. The Kier molecular flexibility index (Phi) is 6.31. The number of hydrogen-bond acceptors (Lipinski definition) is 5. The molecule has 0 aliphatic heterocycles. The van der Waals surface area contributed by atoms with E-state index in [-0.39, 0.29) is 0 Å². The topological polar surface area (TPSA) is 87.5 Å². The highest BCUT2D eigenvalue weighted by molar-refractivity contribution is 5.67. The Balaban J connectivity index is 1.88. The van der Waals surface area contributed by atoms with E-state index in [1.165, 1.54) is 0 Å². The fourth-order valence-corrected chi connectivity index (χ4v) is 2.29. The smallest absolute Gasteiger partial charge is 0.407 e. The van der Waals surface area contributed by atoms with Crippen LogP contribution in [0.25, 0.3) is 16.1 Å². The fourth-order valence-electron chi connectivity index (χ4n) is 2.29. The maximum absolute atomic E-state index is 11.6. The molecule has 0 saturated heterocycles. The average Bonchev–Trinajstić information content (AvgIpc) is 3.01. The number of carbonyl (C=O) groups excluding carboxylic acids is 1. The van der Waals surface area contributed by atoms with Crippen molar-refractivity contribution in [2.75, 3.05) is 20.1 Å². The molecule has 0 unspecified atom stereocenters. The van der Waals surface area contributed by atoms with Crippen LogP contribution in [-0.2, 0) is 11.3 Å². The third-order valence-electron chi connectivity index (χ3n) is 3.47. The van der Waals surface area contributed by atoms with Crippen LogP contribution < -0.4 is 5.32 Å². The minimum atomic E-state index is -0.506. The first kappa shape index (κ1) is 19.4. The van der Waals surface area contributed by atoms with Crippen molar-refractivity contribution in [3.8, 4) is 11.3 Å². The molecule has 8 heteroatoms. The lowest BCUT2D eigenvalue weighted by Crippen LogP contribution is -2.36. The SMILES string of the molecule is [C-]#[N+]c1ccc(-c2n[nH]nc2CN(C)CCNC(=O)OC(C)(C)C)cc1. The molecular formula is C18H24N6O2. The third kappa shape index (κ3) is 5.86. The van der Waals surface area contributed by atoms with E-state index in [1.807, 2.05) is 44.9 Å². The van der Waals surface area contributed by atoms with Crippen LogP contribution >= 0.6 is 0 Å². The van der Waals surface area contributed by atoms with Gasteiger partial charge in [-0.2, -0.15) is 15.4 Å². The first-order valence-corrected chi connectivity index (χ1v) is 8.31. The number of aromatic amines is 1. The minimum Gasteiger partial charge on any atom is -0.444 e. The van der Waals surface area contributed by atoms with Crippen molar-refractivity contribution >= 4 is 11.8 Å². The Morgan fingerprint density at radius 3 is 2.62 bits per heavy atom. The molecule has 8 nitrogen and oxygen atoms in total. The van der Waals surface area contributed by atoms with E-state index >= 15 is 0 Å². The van der Waals surface area contributed by atoms with Crippen molar-refractivity contribution in [1.29, 1.82) is 0 Å². The molecule has 1 aromatic carbocycles. The van der Waals surface area contributed by atoms with Crippen LogP contribution in [0.3, 0.4) is 0 Å². The Morgan fingerprint density at radius 1 is 1.31 bits per heavy atom. The van der Waals surface area contributed by atoms with E-state index < -0.39 is 11.7 Å². The molecule has 0 bridgehead atoms. The minimum absolute atomic E-state index is 0.423. The van der Waals surface area contributed by atoms with Gasteiger partial charge in [-0.15, -0.1) is 0 Å². The summed E-state index contributed by atoms with van der Waals surface area (Å²) in [5.41, 5.74) is 2.55. The maximum Gasteiger partial charge on any atom is 0.407 e. The molecule has 0 fully saturated rings. The van der Waals surface area contributed by atoms with Gasteiger partial charge in [-0.3, -0.25) is 4.90 Å². The van der Waals surface area contributed by atoms with E-state index in [1.54, 1.807) is 12.1 Å². The van der Waals surface area contributed by atoms with Gasteiger partial charge < -0.3 is 10.1 Å². The van der Waals surface area contributed by atoms with Gasteiger partial charge in [-0.25, -0.2) is 9.64 Å². The standard InChI is InChI=1S/C18H24N6O2/c1-18(2,3)26-17(25)20-10-11-24(5)12-15-16(22-23-21-15)13-6-8-14(19-4)9-7-13/h6-9H,10-12H2,1-3,5H3,(H,20,25)(H,21,22,23). The molecule has 0 atom stereocenters. The second kappa shape index (κ2) is 8.45. The van der Waals surface area contributed by atoms with Gasteiger partial charge in [0, 0.05) is 25.2 Å². The summed E-state index contributed by atoms with van der Waals surface area (Å²) in [4.78, 5) is 17.1. The second-order valence-corrected chi connectivity index (χ2v) is 6.94. The predicted octanol–water partition coefficient (Wildman–Crippen LogP) is 2.98. The summed E-state index contributed by atoms with van der Waals surface area (Å²) in [5, 5.41) is 13.8. The maximum atomic E-state index is 11.6. The van der Waals surface area contributed by atoms with E-state index in [9.17, 15) is 4.79 Å². The van der Waals surface area contributed by atoms with Crippen LogP contribution in [0.4, 0.5) is 10.5 Å². The number of aromatic nitrogens is 3. The highest BCUT2D eigenvalue weighted by Crippen LogP contribution is 2.23. The summed E-state index contributed by atoms with van der Waals surface area (Å²) >= 11 is 0. The summed E-state index contributed by atoms with van der Waals surface area (Å²) in [6.45, 7) is 14.2. The lowest BCUT2D eigenvalue weighted by atomic mass is 10.1. The molecule has 0 radical (unpaired) electrons. The molecule has 0 spiro atoms. The van der Waals surface area contributed by atoms with Crippen molar-refractivity contribution in [1.82, 2.24) is 25.6 Å². The van der Waals surface area contributed by atoms with Crippen LogP contribution in [0.1, 0.15) is 26.5 Å². The fraction of sp³-hybridized carbons (Fsp3) is 0.444. The zero-order valence-electron chi connectivity index (χ0n) is 15.5. The summed E-state index contributed by atoms with van der Waals surface area (Å²) in [6, 6.07) is 7.24. The molecular weight excluding hydrogens is 332 g/mol. The van der Waals surface area contributed by atoms with Gasteiger partial charge in [0.2, 0.25) is 0 Å². The number of amides is 1. The zero-order chi connectivity index (χ0) is 19.2. The molecule has 1 amide bonds. The molecule has 2 rings (SSSR count). The van der Waals surface area contributed by atoms with Gasteiger partial charge in [0.05, 0.1) is 6.57 Å². The highest BCUT2D eigenvalue weighted by atomic mass is 16.6. The van der Waals surface area contributed by atoms with E-state index in [0.717, 1.165) is 17.0 Å². The van der Waals surface area contributed by atoms with Gasteiger partial charge in [0.1, 0.15) is 17.0 Å². The number of likely N-dealkylation sites (N-methyl/N-ethyl adjacent to an activating group) is 1. The molecule has 1 heterocycles. The van der Waals surface area contributed by atoms with Crippen LogP contribution in [0.15, 0.2) is 24.3 Å². The Hall–Kier alpha value is -2.92. The monoisotopic (exact) mass is 356 g/mol. The van der Waals surface area contributed by atoms with E-state index in [2.05, 4.69) is 25.6 Å². The first-order valence-electron chi connectivity index (χ1n) is 8.31. The second-order valence-electron chi connectivity index (χ2n) is 6.94. The van der Waals surface area contributed by atoms with Crippen LogP contribution in [0.5, 0.6) is 0 Å². The number of H-pyrrole nitrogens is 1. The van der Waals surface area contributed by atoms with Crippen LogP contribution in [-0.4, -0.2) is 52.1 Å². The largest absolute Gasteiger partial charge is 0.444 e. The molecule has 0 aliphatic rings. The summed E-state index contributed by atoms with van der Waals surface area (Å²) in [5.74, 6) is 0. The summed E-state index contributed by atoms with van der Waals surface area (Å²) in [7, 11) is 1.94. The molecule has 0 saturated carbocycles. The quantitative estimate of drug-likeness (QED) is 0.777. The molecule has 138 valence electrons.